The van der Waals surface area contributed by atoms with Gasteiger partial charge in [0, 0.05) is 90.7 Å². The van der Waals surface area contributed by atoms with E-state index in [9.17, 15) is 0 Å². The van der Waals surface area contributed by atoms with Crippen LogP contribution in [0.2, 0.25) is 0 Å². The Bertz CT molecular complexity index is 4000. The molecule has 0 aliphatic carbocycles. The second-order valence-electron chi connectivity index (χ2n) is 20.1. The van der Waals surface area contributed by atoms with Crippen LogP contribution < -0.4 is 28.7 Å². The van der Waals surface area contributed by atoms with Crippen LogP contribution >= 0.6 is 11.8 Å². The average Bonchev–Trinajstić information content (AvgIpc) is 4.23. The molecule has 1 aliphatic heterocycles. The molecule has 12 aromatic rings. The zero-order chi connectivity index (χ0) is 53.7. The van der Waals surface area contributed by atoms with Gasteiger partial charge in [0.05, 0.1) is 50.5 Å². The summed E-state index contributed by atoms with van der Waals surface area (Å²) in [6, 6.07) is 75.4. The largest absolute Gasteiger partial charge is 0.497 e. The zero-order valence-corrected chi connectivity index (χ0v) is 46.1. The van der Waals surface area contributed by atoms with E-state index in [1.54, 1.807) is 28.4 Å². The molecule has 0 N–H and O–H groups in total. The Morgan fingerprint density at radius 3 is 1.06 bits per heavy atom. The second-order valence-corrected chi connectivity index (χ2v) is 21.2. The summed E-state index contributed by atoms with van der Waals surface area (Å²) in [4.78, 5) is 7.29. The van der Waals surface area contributed by atoms with E-state index in [0.717, 1.165) is 94.1 Å². The molecular weight excluding hydrogens is 993 g/mol. The summed E-state index contributed by atoms with van der Waals surface area (Å²) < 4.78 is 27.6. The summed E-state index contributed by atoms with van der Waals surface area (Å²) in [5.74, 6) is 3.31. The fraction of sp³-hybridized carbons (Fsp3) is 0.143. The number of aryl methyl sites for hydroxylation is 2. The highest BCUT2D eigenvalue weighted by Crippen LogP contribution is 2.47. The normalized spacial score (nSPS) is 12.1. The summed E-state index contributed by atoms with van der Waals surface area (Å²) in [7, 11) is 6.90. The first-order chi connectivity index (χ1) is 38.8. The summed E-state index contributed by atoms with van der Waals surface area (Å²) in [5.41, 5.74) is 18.4. The number of nitrogens with zero attached hydrogens (tertiary/aromatic N) is 4. The first-order valence-corrected chi connectivity index (χ1v) is 27.8. The van der Waals surface area contributed by atoms with Crippen molar-refractivity contribution in [2.75, 3.05) is 38.2 Å². The van der Waals surface area contributed by atoms with Crippen LogP contribution in [0.5, 0.6) is 23.0 Å². The standard InChI is InChI=1S/C70H60N4O4S/c1-7-71-65-41-53(23-33-61(65)63-35-29-57(77-5)43-67(63)71)73(49-17-25-55(75-3)26-18-49)51-21-31-59-47(39-51)37-45-13-9-11-15-69(45)79-70-16-12-10-14-46(70)38-48-40-52(22-32-60(48)59)74(50-19-27-56(76-4)28-20-50)54-24-34-62-64-36-30-58(78-6)44-68(64)72(8-2)66(62)42-54/h9-36,39-44H,7-8,37-38H2,1-6H3. The fourth-order valence-corrected chi connectivity index (χ4v) is 13.1. The minimum atomic E-state index is 0.729. The van der Waals surface area contributed by atoms with Crippen molar-refractivity contribution in [3.05, 3.63) is 229 Å². The number of anilines is 6. The van der Waals surface area contributed by atoms with Crippen molar-refractivity contribution in [2.24, 2.45) is 0 Å². The summed E-state index contributed by atoms with van der Waals surface area (Å²) >= 11 is 1.87. The quantitative estimate of drug-likeness (QED) is 0.121. The molecule has 10 aromatic carbocycles. The Balaban J connectivity index is 1.01. The van der Waals surface area contributed by atoms with Crippen LogP contribution in [0.15, 0.2) is 216 Å². The van der Waals surface area contributed by atoms with Crippen molar-refractivity contribution in [2.45, 2.75) is 49.6 Å². The molecular formula is C70H60N4O4S. The Morgan fingerprint density at radius 2 is 0.671 bits per heavy atom. The number of rotatable bonds is 12. The van der Waals surface area contributed by atoms with Crippen LogP contribution in [0, 0.1) is 0 Å². The SMILES string of the molecule is CCn1c2cc(OC)ccc2c2ccc(N(c3ccc(OC)cc3)c3ccc4c(c3)Cc3ccccc3Sc3ccccc3Cc3cc(N(c5ccc(OC)cc5)c5ccc6c7ccc(OC)cc7n(CC)c6c5)ccc3-4)cc21. The Labute approximate surface area is 465 Å². The molecule has 79 heavy (non-hydrogen) atoms. The molecule has 0 atom stereocenters. The van der Waals surface area contributed by atoms with E-state index < -0.39 is 0 Å². The van der Waals surface area contributed by atoms with Gasteiger partial charge in [0.25, 0.3) is 0 Å². The zero-order valence-electron chi connectivity index (χ0n) is 45.3. The Kier molecular flexibility index (Phi) is 13.0. The van der Waals surface area contributed by atoms with Gasteiger partial charge >= 0.3 is 0 Å². The Morgan fingerprint density at radius 1 is 0.342 bits per heavy atom. The van der Waals surface area contributed by atoms with Gasteiger partial charge in [-0.2, -0.15) is 0 Å². The number of hydrogen-bond acceptors (Lipinski definition) is 7. The third kappa shape index (κ3) is 8.84. The van der Waals surface area contributed by atoms with Crippen LogP contribution in [-0.2, 0) is 25.9 Å². The second kappa shape index (κ2) is 20.7. The van der Waals surface area contributed by atoms with Crippen molar-refractivity contribution >= 4 is 89.5 Å². The molecule has 0 saturated carbocycles. The molecule has 0 amide bonds. The van der Waals surface area contributed by atoms with E-state index in [-0.39, 0.29) is 0 Å². The van der Waals surface area contributed by atoms with E-state index in [1.165, 1.54) is 75.7 Å². The van der Waals surface area contributed by atoms with Crippen molar-refractivity contribution in [3.63, 3.8) is 0 Å². The van der Waals surface area contributed by atoms with E-state index in [4.69, 9.17) is 18.9 Å². The van der Waals surface area contributed by atoms with Crippen LogP contribution in [0.1, 0.15) is 36.1 Å². The van der Waals surface area contributed by atoms with Gasteiger partial charge in [-0.15, -0.1) is 0 Å². The van der Waals surface area contributed by atoms with Crippen molar-refractivity contribution in [3.8, 4) is 34.1 Å². The molecule has 1 aliphatic rings. The highest BCUT2D eigenvalue weighted by atomic mass is 32.2. The third-order valence-corrected chi connectivity index (χ3v) is 17.1. The van der Waals surface area contributed by atoms with Gasteiger partial charge in [-0.05, 0) is 194 Å². The first-order valence-electron chi connectivity index (χ1n) is 27.0. The summed E-state index contributed by atoms with van der Waals surface area (Å²) in [6.07, 6.45) is 1.46. The first kappa shape index (κ1) is 49.5. The molecule has 0 radical (unpaired) electrons. The predicted octanol–water partition coefficient (Wildman–Crippen LogP) is 18.2. The molecule has 3 heterocycles. The minimum Gasteiger partial charge on any atom is -0.497 e. The van der Waals surface area contributed by atoms with Crippen LogP contribution in [0.25, 0.3) is 54.7 Å². The fourth-order valence-electron chi connectivity index (χ4n) is 12.0. The molecule has 9 heteroatoms. The molecule has 0 spiro atoms. The van der Waals surface area contributed by atoms with Gasteiger partial charge in [-0.1, -0.05) is 72.4 Å². The van der Waals surface area contributed by atoms with Crippen molar-refractivity contribution < 1.29 is 18.9 Å². The molecule has 0 unspecified atom stereocenters. The third-order valence-electron chi connectivity index (χ3n) is 15.8. The van der Waals surface area contributed by atoms with Crippen LogP contribution in [0.4, 0.5) is 34.1 Å². The molecule has 0 saturated heterocycles. The van der Waals surface area contributed by atoms with E-state index in [2.05, 4.69) is 215 Å². The minimum absolute atomic E-state index is 0.729. The van der Waals surface area contributed by atoms with Gasteiger partial charge in [0.1, 0.15) is 23.0 Å². The lowest BCUT2D eigenvalue weighted by Gasteiger charge is -2.28. The number of aromatic nitrogens is 2. The number of benzene rings is 10. The maximum absolute atomic E-state index is 5.71. The van der Waals surface area contributed by atoms with E-state index in [1.807, 2.05) is 36.0 Å². The number of hydrogen-bond donors (Lipinski definition) is 0. The van der Waals surface area contributed by atoms with Gasteiger partial charge in [-0.3, -0.25) is 0 Å². The average molecular weight is 1050 g/mol. The molecule has 0 bridgehead atoms. The number of ether oxygens (including phenoxy) is 4. The topological polar surface area (TPSA) is 53.3 Å². The maximum Gasteiger partial charge on any atom is 0.120 e. The van der Waals surface area contributed by atoms with Crippen molar-refractivity contribution in [1.29, 1.82) is 0 Å². The highest BCUT2D eigenvalue weighted by molar-refractivity contribution is 7.99. The molecule has 0 fully saturated rings. The summed E-state index contributed by atoms with van der Waals surface area (Å²) in [5, 5.41) is 4.84. The van der Waals surface area contributed by atoms with Gasteiger partial charge in [-0.25, -0.2) is 0 Å². The van der Waals surface area contributed by atoms with E-state index in [0.29, 0.717) is 0 Å². The Hall–Kier alpha value is -9.05. The maximum atomic E-state index is 5.71. The number of fused-ring (bicyclic) bond motifs is 11. The van der Waals surface area contributed by atoms with E-state index >= 15 is 0 Å². The smallest absolute Gasteiger partial charge is 0.120 e. The summed E-state index contributed by atoms with van der Waals surface area (Å²) in [6.45, 7) is 6.05. The van der Waals surface area contributed by atoms with Gasteiger partial charge in [0.2, 0.25) is 0 Å². The molecule has 13 rings (SSSR count). The van der Waals surface area contributed by atoms with Gasteiger partial charge < -0.3 is 37.9 Å². The van der Waals surface area contributed by atoms with Crippen LogP contribution in [-0.4, -0.2) is 37.6 Å². The highest BCUT2D eigenvalue weighted by Gasteiger charge is 2.24. The molecule has 390 valence electrons. The number of methoxy groups -OCH3 is 4. The predicted molar refractivity (Wildman–Crippen MR) is 327 cm³/mol. The molecule has 8 nitrogen and oxygen atoms in total. The lowest BCUT2D eigenvalue weighted by atomic mass is 9.89. The van der Waals surface area contributed by atoms with Crippen LogP contribution in [0.3, 0.4) is 0 Å². The van der Waals surface area contributed by atoms with Crippen molar-refractivity contribution in [1.82, 2.24) is 9.13 Å². The lowest BCUT2D eigenvalue weighted by molar-refractivity contribution is 0.414. The monoisotopic (exact) mass is 1050 g/mol. The lowest BCUT2D eigenvalue weighted by Crippen LogP contribution is -2.12. The molecule has 2 aromatic heterocycles. The van der Waals surface area contributed by atoms with Gasteiger partial charge in [0.15, 0.2) is 0 Å².